The summed E-state index contributed by atoms with van der Waals surface area (Å²) in [7, 11) is 1.11. The highest BCUT2D eigenvalue weighted by Crippen LogP contribution is 2.43. The number of rotatable bonds is 13. The fourth-order valence-corrected chi connectivity index (χ4v) is 9.59. The number of nitrogens with zero attached hydrogens (tertiary/aromatic N) is 5. The molecule has 2 fully saturated rings. The van der Waals surface area contributed by atoms with Crippen LogP contribution in [0.15, 0.2) is 73.3 Å². The van der Waals surface area contributed by atoms with E-state index in [1.54, 1.807) is 62.4 Å². The number of carboxylic acid groups (broad SMARTS) is 1. The van der Waals surface area contributed by atoms with Gasteiger partial charge in [-0.3, -0.25) is 14.6 Å². The van der Waals surface area contributed by atoms with Gasteiger partial charge in [0.25, 0.3) is 0 Å². The summed E-state index contributed by atoms with van der Waals surface area (Å²) >= 11 is 1.67. The zero-order chi connectivity index (χ0) is 56.0. The molecule has 13 nitrogen and oxygen atoms in total. The van der Waals surface area contributed by atoms with E-state index in [1.807, 2.05) is 0 Å². The fourth-order valence-electron chi connectivity index (χ4n) is 9.14. The summed E-state index contributed by atoms with van der Waals surface area (Å²) in [4.78, 5) is 65.7. The van der Waals surface area contributed by atoms with Gasteiger partial charge in [0.1, 0.15) is 11.1 Å². The Bertz CT molecular complexity index is 2910. The lowest BCUT2D eigenvalue weighted by Crippen LogP contribution is -2.43. The number of esters is 1. The van der Waals surface area contributed by atoms with E-state index < -0.39 is 88.0 Å². The van der Waals surface area contributed by atoms with Crippen LogP contribution in [0.25, 0.3) is 11.1 Å². The number of carboxylic acids is 1. The van der Waals surface area contributed by atoms with Crippen LogP contribution in [0, 0.1) is 38.9 Å². The highest BCUT2D eigenvalue weighted by Gasteiger charge is 2.40. The summed E-state index contributed by atoms with van der Waals surface area (Å²) in [6, 6.07) is 7.27. The smallest absolute Gasteiger partial charge is 0.421 e. The standard InChI is InChI=1S/C29H29F4N3O4.C25H27F4IN2O4/c1-16(2)36(27(37)18-8-6-17(3)7-9-18)24-13-23(30)25(12-21(24)28(38)39)40-26-22(29(31,32)33)11-20(15-35-26)19-5-4-10-34-14-19;1-13(2)32(23(33)15-7-5-14(3)6-8-15)20-11-19(26)21(10-17(20)24(34)35-4)36-22-18(25(27,28)29)9-16(30)12-31-22/h4-5,10-18H,6-9H2,1-3H3,(H,38,39);9-15H,5-8H2,1-4H3. The first-order chi connectivity index (χ1) is 35.7. The van der Waals surface area contributed by atoms with E-state index in [9.17, 15) is 50.6 Å². The van der Waals surface area contributed by atoms with Crippen LogP contribution in [0.2, 0.25) is 0 Å². The van der Waals surface area contributed by atoms with Crippen molar-refractivity contribution in [3.63, 3.8) is 0 Å². The van der Waals surface area contributed by atoms with Gasteiger partial charge in [-0.2, -0.15) is 26.3 Å². The van der Waals surface area contributed by atoms with Crippen LogP contribution in [0.1, 0.15) is 125 Å². The minimum absolute atomic E-state index is 0.0306. The molecule has 0 saturated heterocycles. The van der Waals surface area contributed by atoms with Crippen molar-refractivity contribution in [3.8, 4) is 34.4 Å². The molecule has 0 unspecified atom stereocenters. The third-order valence-corrected chi connectivity index (χ3v) is 13.8. The van der Waals surface area contributed by atoms with Crippen molar-refractivity contribution in [3.05, 3.63) is 111 Å². The Kier molecular flexibility index (Phi) is 19.1. The monoisotopic (exact) mass is 1180 g/mol. The Morgan fingerprint density at radius 2 is 1.09 bits per heavy atom. The zero-order valence-electron chi connectivity index (χ0n) is 42.5. The quantitative estimate of drug-likeness (QED) is 0.0678. The lowest BCUT2D eigenvalue weighted by molar-refractivity contribution is -0.139. The summed E-state index contributed by atoms with van der Waals surface area (Å²) < 4.78 is 128. The summed E-state index contributed by atoms with van der Waals surface area (Å²) in [6.07, 6.45) is 1.49. The molecular formula is C54H56F8IN5O8. The number of pyridine rings is 3. The second kappa shape index (κ2) is 24.7. The molecule has 0 radical (unpaired) electrons. The summed E-state index contributed by atoms with van der Waals surface area (Å²) in [5.74, 6) is -7.99. The molecule has 0 spiro atoms. The van der Waals surface area contributed by atoms with Crippen molar-refractivity contribution < 1.29 is 73.6 Å². The van der Waals surface area contributed by atoms with Crippen LogP contribution in [0.4, 0.5) is 46.5 Å². The summed E-state index contributed by atoms with van der Waals surface area (Å²) in [5.41, 5.74) is -2.89. The number of carbonyl (C=O) groups excluding carboxylic acids is 3. The number of alkyl halides is 6. The minimum Gasteiger partial charge on any atom is -0.478 e. The predicted octanol–water partition coefficient (Wildman–Crippen LogP) is 14.4. The van der Waals surface area contributed by atoms with Gasteiger partial charge in [0.2, 0.25) is 23.6 Å². The highest BCUT2D eigenvalue weighted by molar-refractivity contribution is 14.1. The number of benzene rings is 2. The molecule has 1 N–H and O–H groups in total. The molecule has 2 aliphatic carbocycles. The number of hydrogen-bond acceptors (Lipinski definition) is 10. The fraction of sp³-hybridized carbons (Fsp3) is 0.426. The molecule has 2 saturated carbocycles. The van der Waals surface area contributed by atoms with Crippen LogP contribution >= 0.6 is 22.6 Å². The molecule has 408 valence electrons. The number of ether oxygens (including phenoxy) is 3. The van der Waals surface area contributed by atoms with Gasteiger partial charge in [-0.25, -0.2) is 28.3 Å². The largest absolute Gasteiger partial charge is 0.478 e. The van der Waals surface area contributed by atoms with Gasteiger partial charge in [0.15, 0.2) is 23.1 Å². The second-order valence-corrected chi connectivity index (χ2v) is 20.7. The summed E-state index contributed by atoms with van der Waals surface area (Å²) in [5, 5.41) is 9.93. The molecule has 3 heterocycles. The van der Waals surface area contributed by atoms with Gasteiger partial charge in [0.05, 0.1) is 29.6 Å². The first-order valence-corrected chi connectivity index (χ1v) is 25.5. The maximum atomic E-state index is 15.4. The van der Waals surface area contributed by atoms with Gasteiger partial charge in [-0.1, -0.05) is 19.9 Å². The number of carbonyl (C=O) groups is 4. The van der Waals surface area contributed by atoms with Crippen molar-refractivity contribution in [1.82, 2.24) is 15.0 Å². The van der Waals surface area contributed by atoms with E-state index in [4.69, 9.17) is 14.2 Å². The molecule has 22 heteroatoms. The Morgan fingerprint density at radius 1 is 0.645 bits per heavy atom. The molecule has 0 bridgehead atoms. The van der Waals surface area contributed by atoms with E-state index in [2.05, 4.69) is 28.8 Å². The van der Waals surface area contributed by atoms with E-state index in [0.717, 1.165) is 81.6 Å². The van der Waals surface area contributed by atoms with Crippen LogP contribution in [0.3, 0.4) is 0 Å². The van der Waals surface area contributed by atoms with Gasteiger partial charge < -0.3 is 29.1 Å². The molecule has 7 rings (SSSR count). The summed E-state index contributed by atoms with van der Waals surface area (Å²) in [6.45, 7) is 11.1. The van der Waals surface area contributed by atoms with Gasteiger partial charge in [-0.15, -0.1) is 0 Å². The number of hydrogen-bond donors (Lipinski definition) is 1. The Morgan fingerprint density at radius 3 is 1.51 bits per heavy atom. The van der Waals surface area contributed by atoms with Gasteiger partial charge in [-0.05, 0) is 132 Å². The lowest BCUT2D eigenvalue weighted by Gasteiger charge is -2.34. The molecule has 2 amide bonds. The number of aromatic nitrogens is 3. The first-order valence-electron chi connectivity index (χ1n) is 24.4. The second-order valence-electron chi connectivity index (χ2n) is 19.4. The molecule has 76 heavy (non-hydrogen) atoms. The third kappa shape index (κ3) is 14.1. The molecule has 2 aromatic carbocycles. The Labute approximate surface area is 447 Å². The third-order valence-electron chi connectivity index (χ3n) is 13.2. The maximum absolute atomic E-state index is 15.4. The van der Waals surface area contributed by atoms with Crippen LogP contribution in [-0.2, 0) is 26.7 Å². The number of amides is 2. The molecule has 0 aliphatic heterocycles. The molecule has 5 aromatic rings. The SMILES string of the molecule is CC1CCC(C(=O)N(c2cc(F)c(Oc3ncc(-c4cccnc4)cc3C(F)(F)F)cc2C(=O)O)C(C)C)CC1.COC(=O)c1cc(Oc2ncc(I)cc2C(F)(F)F)c(F)cc1N(C(=O)C1CCC(C)CC1)C(C)C. The van der Waals surface area contributed by atoms with Crippen LogP contribution in [0.5, 0.6) is 23.3 Å². The number of methoxy groups -OCH3 is 1. The van der Waals surface area contributed by atoms with E-state index in [0.29, 0.717) is 43.1 Å². The van der Waals surface area contributed by atoms with Crippen molar-refractivity contribution in [1.29, 1.82) is 0 Å². The molecule has 3 aromatic heterocycles. The van der Waals surface area contributed by atoms with Gasteiger partial charge >= 0.3 is 24.3 Å². The van der Waals surface area contributed by atoms with E-state index in [1.165, 1.54) is 22.2 Å². The number of anilines is 2. The average Bonchev–Trinajstić information content (AvgIpc) is 3.35. The van der Waals surface area contributed by atoms with Crippen molar-refractivity contribution in [2.45, 2.75) is 117 Å². The van der Waals surface area contributed by atoms with E-state index >= 15 is 8.78 Å². The lowest BCUT2D eigenvalue weighted by atomic mass is 9.82. The molecular weight excluding hydrogens is 1130 g/mol. The Balaban J connectivity index is 0.000000248. The van der Waals surface area contributed by atoms with Gasteiger partial charge in [0, 0.05) is 87.7 Å². The van der Waals surface area contributed by atoms with Crippen molar-refractivity contribution in [2.75, 3.05) is 16.9 Å². The molecule has 0 atom stereocenters. The predicted molar refractivity (Wildman–Crippen MR) is 273 cm³/mol. The maximum Gasteiger partial charge on any atom is 0.421 e. The minimum atomic E-state index is -4.91. The van der Waals surface area contributed by atoms with Crippen molar-refractivity contribution >= 4 is 57.7 Å². The van der Waals surface area contributed by atoms with Crippen molar-refractivity contribution in [2.24, 2.45) is 23.7 Å². The number of halogens is 9. The van der Waals surface area contributed by atoms with E-state index in [-0.39, 0.29) is 49.7 Å². The van der Waals surface area contributed by atoms with Crippen LogP contribution in [-0.4, -0.2) is 63.0 Å². The topological polar surface area (TPSA) is 161 Å². The molecule has 2 aliphatic rings. The number of aromatic carboxylic acids is 1. The highest BCUT2D eigenvalue weighted by atomic mass is 127. The normalized spacial score (nSPS) is 17.8. The Hall–Kier alpha value is -6.46. The first kappa shape index (κ1) is 58.8. The zero-order valence-corrected chi connectivity index (χ0v) is 44.6. The van der Waals surface area contributed by atoms with Crippen LogP contribution < -0.4 is 19.3 Å². The average molecular weight is 1180 g/mol.